The number of β-amino-alcohol motifs (C(OH)–C–C–N with tert-alkyl or cyclic N) is 1. The van der Waals surface area contributed by atoms with E-state index >= 15 is 0 Å². The molecule has 0 spiro atoms. The molecular weight excluding hydrogens is 444 g/mol. The van der Waals surface area contributed by atoms with Gasteiger partial charge in [0, 0.05) is 49.3 Å². The lowest BCUT2D eigenvalue weighted by atomic mass is 10.2. The lowest BCUT2D eigenvalue weighted by Crippen LogP contribution is -2.51. The first-order valence-corrected chi connectivity index (χ1v) is 10.9. The number of amides is 1. The summed E-state index contributed by atoms with van der Waals surface area (Å²) in [5.41, 5.74) is 0.816. The third kappa shape index (κ3) is 7.63. The third-order valence-corrected chi connectivity index (χ3v) is 5.65. The van der Waals surface area contributed by atoms with Gasteiger partial charge in [0.05, 0.1) is 6.54 Å². The molecule has 1 fully saturated rings. The number of carbonyl (C=O) groups is 1. The molecule has 0 saturated carbocycles. The van der Waals surface area contributed by atoms with Crippen LogP contribution < -0.4 is 10.1 Å². The smallest absolute Gasteiger partial charge is 0.234 e. The number of nitrogens with one attached hydrogen (secondary N) is 1. The van der Waals surface area contributed by atoms with Crippen LogP contribution in [0.1, 0.15) is 5.56 Å². The van der Waals surface area contributed by atoms with Crippen LogP contribution in [0.3, 0.4) is 0 Å². The summed E-state index contributed by atoms with van der Waals surface area (Å²) in [5.74, 6) is -0.380. The molecule has 1 atom stereocenters. The van der Waals surface area contributed by atoms with Crippen LogP contribution in [-0.2, 0) is 11.3 Å². The molecule has 2 aromatic carbocycles. The highest BCUT2D eigenvalue weighted by molar-refractivity contribution is 6.35. The van der Waals surface area contributed by atoms with Crippen LogP contribution in [0, 0.1) is 5.82 Å². The minimum absolute atomic E-state index is 0.0246. The molecule has 0 radical (unpaired) electrons. The second kappa shape index (κ2) is 11.6. The molecule has 31 heavy (non-hydrogen) atoms. The van der Waals surface area contributed by atoms with E-state index in [0.29, 0.717) is 29.7 Å². The van der Waals surface area contributed by atoms with Crippen molar-refractivity contribution >= 4 is 29.1 Å². The summed E-state index contributed by atoms with van der Waals surface area (Å²) in [6, 6.07) is 11.3. The molecule has 1 aliphatic heterocycles. The van der Waals surface area contributed by atoms with Gasteiger partial charge in [-0.1, -0.05) is 41.4 Å². The number of carbonyl (C=O) groups excluding carboxylic acids is 1. The molecule has 0 aliphatic carbocycles. The topological polar surface area (TPSA) is 65.0 Å². The Bertz CT molecular complexity index is 879. The molecule has 1 unspecified atom stereocenters. The minimum atomic E-state index is -0.724. The Morgan fingerprint density at radius 2 is 1.84 bits per heavy atom. The van der Waals surface area contributed by atoms with Crippen molar-refractivity contribution in [2.75, 3.05) is 45.9 Å². The highest BCUT2D eigenvalue weighted by Gasteiger charge is 2.21. The van der Waals surface area contributed by atoms with Gasteiger partial charge in [-0.2, -0.15) is 0 Å². The van der Waals surface area contributed by atoms with E-state index in [4.69, 9.17) is 27.9 Å². The lowest BCUT2D eigenvalue weighted by molar-refractivity contribution is -0.122. The molecule has 3 rings (SSSR count). The Kier molecular flexibility index (Phi) is 8.92. The molecule has 6 nitrogen and oxygen atoms in total. The average molecular weight is 470 g/mol. The Morgan fingerprint density at radius 3 is 2.55 bits per heavy atom. The molecule has 2 N–H and O–H groups in total. The van der Waals surface area contributed by atoms with Gasteiger partial charge < -0.3 is 15.2 Å². The van der Waals surface area contributed by atoms with Gasteiger partial charge >= 0.3 is 0 Å². The number of para-hydroxylation sites is 1. The van der Waals surface area contributed by atoms with Crippen LogP contribution >= 0.6 is 23.2 Å². The standard InChI is InChI=1S/C22H26Cl2FN3O3/c23-17-6-5-16(19(24)11-17)12-26-22(30)14-28-9-7-27(8-10-28)13-18(29)15-31-21-4-2-1-3-20(21)25/h1-6,11,18,29H,7-10,12-15H2,(H,26,30). The fraction of sp³-hybridized carbons (Fsp3) is 0.409. The summed E-state index contributed by atoms with van der Waals surface area (Å²) >= 11 is 12.0. The van der Waals surface area contributed by atoms with Crippen molar-refractivity contribution in [3.63, 3.8) is 0 Å². The molecule has 168 valence electrons. The van der Waals surface area contributed by atoms with E-state index in [1.54, 1.807) is 30.3 Å². The number of aliphatic hydroxyl groups excluding tert-OH is 1. The predicted octanol–water partition coefficient (Wildman–Crippen LogP) is 2.81. The first kappa shape index (κ1) is 23.8. The number of halogens is 3. The van der Waals surface area contributed by atoms with Crippen molar-refractivity contribution in [2.45, 2.75) is 12.6 Å². The zero-order chi connectivity index (χ0) is 22.2. The molecule has 1 heterocycles. The highest BCUT2D eigenvalue weighted by Crippen LogP contribution is 2.20. The van der Waals surface area contributed by atoms with Gasteiger partial charge in [-0.05, 0) is 29.8 Å². The van der Waals surface area contributed by atoms with Crippen LogP contribution in [0.4, 0.5) is 4.39 Å². The first-order chi connectivity index (χ1) is 14.9. The highest BCUT2D eigenvalue weighted by atomic mass is 35.5. The Hall–Kier alpha value is -1.90. The van der Waals surface area contributed by atoms with Gasteiger partial charge in [0.2, 0.25) is 5.91 Å². The van der Waals surface area contributed by atoms with Gasteiger partial charge in [0.1, 0.15) is 12.7 Å². The van der Waals surface area contributed by atoms with Gasteiger partial charge in [0.25, 0.3) is 0 Å². The van der Waals surface area contributed by atoms with Crippen LogP contribution in [0.25, 0.3) is 0 Å². The van der Waals surface area contributed by atoms with Crippen LogP contribution in [-0.4, -0.2) is 72.8 Å². The van der Waals surface area contributed by atoms with Gasteiger partial charge in [-0.3, -0.25) is 14.6 Å². The summed E-state index contributed by atoms with van der Waals surface area (Å²) in [4.78, 5) is 16.4. The molecule has 2 aromatic rings. The van der Waals surface area contributed by atoms with E-state index in [0.717, 1.165) is 31.7 Å². The van der Waals surface area contributed by atoms with E-state index in [1.807, 2.05) is 0 Å². The zero-order valence-electron chi connectivity index (χ0n) is 17.1. The molecule has 0 bridgehead atoms. The van der Waals surface area contributed by atoms with Crippen molar-refractivity contribution in [1.29, 1.82) is 0 Å². The molecule has 1 saturated heterocycles. The van der Waals surface area contributed by atoms with E-state index in [9.17, 15) is 14.3 Å². The first-order valence-electron chi connectivity index (χ1n) is 10.1. The summed E-state index contributed by atoms with van der Waals surface area (Å²) in [5, 5.41) is 14.2. The summed E-state index contributed by atoms with van der Waals surface area (Å²) in [7, 11) is 0. The van der Waals surface area contributed by atoms with Crippen molar-refractivity contribution in [2.24, 2.45) is 0 Å². The average Bonchev–Trinajstić information content (AvgIpc) is 2.74. The maximum atomic E-state index is 13.6. The monoisotopic (exact) mass is 469 g/mol. The Balaban J connectivity index is 1.33. The normalized spacial score (nSPS) is 16.1. The summed E-state index contributed by atoms with van der Waals surface area (Å²) in [6.45, 7) is 4.01. The number of piperazine rings is 1. The molecule has 0 aromatic heterocycles. The summed E-state index contributed by atoms with van der Waals surface area (Å²) < 4.78 is 18.9. The van der Waals surface area contributed by atoms with Gasteiger partial charge in [-0.15, -0.1) is 0 Å². The Morgan fingerprint density at radius 1 is 1.13 bits per heavy atom. The molecular formula is C22H26Cl2FN3O3. The van der Waals surface area contributed by atoms with Crippen LogP contribution in [0.15, 0.2) is 42.5 Å². The van der Waals surface area contributed by atoms with E-state index in [-0.39, 0.29) is 18.3 Å². The van der Waals surface area contributed by atoms with Crippen molar-refractivity contribution in [3.8, 4) is 5.75 Å². The van der Waals surface area contributed by atoms with Gasteiger partial charge in [0.15, 0.2) is 11.6 Å². The maximum Gasteiger partial charge on any atom is 0.234 e. The Labute approximate surface area is 191 Å². The van der Waals surface area contributed by atoms with Crippen molar-refractivity contribution in [1.82, 2.24) is 15.1 Å². The number of hydrogen-bond acceptors (Lipinski definition) is 5. The fourth-order valence-electron chi connectivity index (χ4n) is 3.35. The second-order valence-corrected chi connectivity index (χ2v) is 8.33. The van der Waals surface area contributed by atoms with Crippen LogP contribution in [0.5, 0.6) is 5.75 Å². The minimum Gasteiger partial charge on any atom is -0.488 e. The quantitative estimate of drug-likeness (QED) is 0.590. The van der Waals surface area contributed by atoms with E-state index in [1.165, 1.54) is 12.1 Å². The molecule has 9 heteroatoms. The predicted molar refractivity (Wildman–Crippen MR) is 119 cm³/mol. The van der Waals surface area contributed by atoms with Crippen molar-refractivity contribution < 1.29 is 19.0 Å². The fourth-order valence-corrected chi connectivity index (χ4v) is 3.82. The number of ether oxygens (including phenoxy) is 1. The number of nitrogens with zero attached hydrogens (tertiary/aromatic N) is 2. The number of aliphatic hydroxyl groups is 1. The van der Waals surface area contributed by atoms with E-state index in [2.05, 4.69) is 15.1 Å². The molecule has 1 amide bonds. The maximum absolute atomic E-state index is 13.6. The second-order valence-electron chi connectivity index (χ2n) is 7.48. The summed E-state index contributed by atoms with van der Waals surface area (Å²) in [6.07, 6.45) is -0.724. The SMILES string of the molecule is O=C(CN1CCN(CC(O)COc2ccccc2F)CC1)NCc1ccc(Cl)cc1Cl. The van der Waals surface area contributed by atoms with Crippen molar-refractivity contribution in [3.05, 3.63) is 63.9 Å². The third-order valence-electron chi connectivity index (χ3n) is 5.06. The lowest BCUT2D eigenvalue weighted by Gasteiger charge is -2.35. The number of hydrogen-bond donors (Lipinski definition) is 2. The van der Waals surface area contributed by atoms with Crippen LogP contribution in [0.2, 0.25) is 10.0 Å². The number of benzene rings is 2. The molecule has 1 aliphatic rings. The van der Waals surface area contributed by atoms with Gasteiger partial charge in [-0.25, -0.2) is 4.39 Å². The number of rotatable bonds is 9. The zero-order valence-corrected chi connectivity index (χ0v) is 18.6. The van der Waals surface area contributed by atoms with E-state index < -0.39 is 11.9 Å². The largest absolute Gasteiger partial charge is 0.488 e.